The number of ketones is 1. The minimum absolute atomic E-state index is 0.224. The molecule has 0 amide bonds. The molecule has 2 saturated heterocycles. The minimum atomic E-state index is -4.60. The number of fused-ring (bicyclic) bond motifs is 2. The van der Waals surface area contributed by atoms with Gasteiger partial charge in [-0.25, -0.2) is 4.39 Å². The van der Waals surface area contributed by atoms with E-state index in [1.165, 1.54) is 0 Å². The second-order valence-corrected chi connectivity index (χ2v) is 6.22. The van der Waals surface area contributed by atoms with E-state index in [1.54, 1.807) is 0 Å². The van der Waals surface area contributed by atoms with E-state index < -0.39 is 17.6 Å². The summed E-state index contributed by atoms with van der Waals surface area (Å²) in [6.07, 6.45) is -0.219. The predicted molar refractivity (Wildman–Crippen MR) is 73.0 cm³/mol. The molecule has 120 valence electrons. The second kappa shape index (κ2) is 5.65. The van der Waals surface area contributed by atoms with E-state index in [4.69, 9.17) is 0 Å². The molecule has 1 aromatic carbocycles. The molecule has 6 heteroatoms. The number of hydrogen-bond acceptors (Lipinski definition) is 2. The highest BCUT2D eigenvalue weighted by atomic mass is 19.4. The van der Waals surface area contributed by atoms with Crippen molar-refractivity contribution >= 4 is 5.78 Å². The molecule has 1 N–H and O–H groups in total. The Balaban J connectivity index is 1.80. The zero-order valence-corrected chi connectivity index (χ0v) is 11.9. The molecule has 2 atom stereocenters. The summed E-state index contributed by atoms with van der Waals surface area (Å²) in [5.74, 6) is -1.75. The summed E-state index contributed by atoms with van der Waals surface area (Å²) in [5, 5.41) is 3.44. The van der Waals surface area contributed by atoms with Gasteiger partial charge in [0.2, 0.25) is 0 Å². The molecule has 0 spiro atoms. The van der Waals surface area contributed by atoms with Gasteiger partial charge in [0.05, 0.1) is 11.1 Å². The lowest BCUT2D eigenvalue weighted by Gasteiger charge is -2.39. The summed E-state index contributed by atoms with van der Waals surface area (Å²) in [5.41, 5.74) is -1.29. The van der Waals surface area contributed by atoms with Gasteiger partial charge in [-0.3, -0.25) is 4.79 Å². The third-order valence-corrected chi connectivity index (χ3v) is 4.65. The Morgan fingerprint density at radius 2 is 1.77 bits per heavy atom. The molecular weight excluding hydrogens is 298 g/mol. The van der Waals surface area contributed by atoms with Crippen LogP contribution in [0.1, 0.15) is 48.0 Å². The van der Waals surface area contributed by atoms with Crippen LogP contribution in [0.3, 0.4) is 0 Å². The second-order valence-electron chi connectivity index (χ2n) is 6.22. The highest BCUT2D eigenvalue weighted by Gasteiger charge is 2.36. The average Bonchev–Trinajstić information content (AvgIpc) is 2.45. The minimum Gasteiger partial charge on any atom is -0.311 e. The van der Waals surface area contributed by atoms with Gasteiger partial charge in [0.1, 0.15) is 5.82 Å². The molecule has 2 nitrogen and oxygen atoms in total. The molecule has 0 aromatic heterocycles. The number of piperidine rings is 2. The molecule has 2 fully saturated rings. The number of carbonyl (C=O) groups excluding carboxylic acids is 1. The Bertz CT molecular complexity index is 572. The topological polar surface area (TPSA) is 29.1 Å². The molecular formula is C16H17F4NO. The average molecular weight is 315 g/mol. The summed E-state index contributed by atoms with van der Waals surface area (Å²) in [6, 6.07) is 2.68. The van der Waals surface area contributed by atoms with Gasteiger partial charge in [-0.05, 0) is 43.9 Å². The SMILES string of the molecule is O=C(c1ccc(C(F)(F)F)cc1F)C1CC2CCCC(C1)N2. The summed E-state index contributed by atoms with van der Waals surface area (Å²) in [6.45, 7) is 0. The number of nitrogens with one attached hydrogen (secondary N) is 1. The summed E-state index contributed by atoms with van der Waals surface area (Å²) >= 11 is 0. The van der Waals surface area contributed by atoms with Crippen molar-refractivity contribution in [2.75, 3.05) is 0 Å². The maximum absolute atomic E-state index is 13.9. The molecule has 1 aromatic rings. The van der Waals surface area contributed by atoms with Gasteiger partial charge < -0.3 is 5.32 Å². The van der Waals surface area contributed by atoms with Crippen molar-refractivity contribution in [3.63, 3.8) is 0 Å². The summed E-state index contributed by atoms with van der Waals surface area (Å²) < 4.78 is 51.6. The number of carbonyl (C=O) groups is 1. The normalized spacial score (nSPS) is 28.5. The quantitative estimate of drug-likeness (QED) is 0.661. The van der Waals surface area contributed by atoms with Crippen LogP contribution >= 0.6 is 0 Å². The number of benzene rings is 1. The number of rotatable bonds is 2. The third-order valence-electron chi connectivity index (χ3n) is 4.65. The lowest BCUT2D eigenvalue weighted by molar-refractivity contribution is -0.137. The maximum atomic E-state index is 13.9. The van der Waals surface area contributed by atoms with Crippen LogP contribution in [-0.2, 0) is 6.18 Å². The van der Waals surface area contributed by atoms with Gasteiger partial charge in [-0.1, -0.05) is 6.42 Å². The van der Waals surface area contributed by atoms with Crippen LogP contribution in [0.5, 0.6) is 0 Å². The molecule has 2 bridgehead atoms. The van der Waals surface area contributed by atoms with Crippen LogP contribution in [0.25, 0.3) is 0 Å². The molecule has 0 radical (unpaired) electrons. The largest absolute Gasteiger partial charge is 0.416 e. The highest BCUT2D eigenvalue weighted by molar-refractivity contribution is 5.98. The van der Waals surface area contributed by atoms with E-state index in [0.29, 0.717) is 18.9 Å². The summed E-state index contributed by atoms with van der Waals surface area (Å²) in [4.78, 5) is 12.5. The fourth-order valence-corrected chi connectivity index (χ4v) is 3.59. The molecule has 0 saturated carbocycles. The van der Waals surface area contributed by atoms with Crippen LogP contribution in [-0.4, -0.2) is 17.9 Å². The number of hydrogen-bond donors (Lipinski definition) is 1. The number of halogens is 4. The predicted octanol–water partition coefficient (Wildman–Crippen LogP) is 3.95. The van der Waals surface area contributed by atoms with Crippen LogP contribution in [0.15, 0.2) is 18.2 Å². The lowest BCUT2D eigenvalue weighted by atomic mass is 9.77. The van der Waals surface area contributed by atoms with Crippen molar-refractivity contribution in [3.8, 4) is 0 Å². The maximum Gasteiger partial charge on any atom is 0.416 e. The monoisotopic (exact) mass is 315 g/mol. The zero-order valence-electron chi connectivity index (χ0n) is 11.9. The Morgan fingerprint density at radius 3 is 2.32 bits per heavy atom. The number of Topliss-reactive ketones (excluding diaryl/α,β-unsaturated/α-hetero) is 1. The standard InChI is InChI=1S/C16H17F4NO/c17-14-8-10(16(18,19)20)4-5-13(14)15(22)9-6-11-2-1-3-12(7-9)21-11/h4-5,8-9,11-12,21H,1-3,6-7H2. The van der Waals surface area contributed by atoms with Gasteiger partial charge >= 0.3 is 6.18 Å². The van der Waals surface area contributed by atoms with Gasteiger partial charge in [0.15, 0.2) is 5.78 Å². The van der Waals surface area contributed by atoms with Crippen molar-refractivity contribution in [3.05, 3.63) is 35.1 Å². The van der Waals surface area contributed by atoms with E-state index >= 15 is 0 Å². The van der Waals surface area contributed by atoms with Crippen molar-refractivity contribution in [1.82, 2.24) is 5.32 Å². The third kappa shape index (κ3) is 3.02. The van der Waals surface area contributed by atoms with Crippen molar-refractivity contribution in [1.29, 1.82) is 0 Å². The van der Waals surface area contributed by atoms with Gasteiger partial charge in [-0.2, -0.15) is 13.2 Å². The molecule has 0 aliphatic carbocycles. The van der Waals surface area contributed by atoms with Crippen LogP contribution in [0.2, 0.25) is 0 Å². The number of alkyl halides is 3. The zero-order chi connectivity index (χ0) is 15.9. The van der Waals surface area contributed by atoms with Gasteiger partial charge in [0.25, 0.3) is 0 Å². The van der Waals surface area contributed by atoms with Crippen LogP contribution in [0.4, 0.5) is 17.6 Å². The molecule has 22 heavy (non-hydrogen) atoms. The Labute approximate surface area is 125 Å². The highest BCUT2D eigenvalue weighted by Crippen LogP contribution is 2.34. The molecule has 2 heterocycles. The van der Waals surface area contributed by atoms with E-state index in [2.05, 4.69) is 5.32 Å². The Hall–Kier alpha value is -1.43. The Morgan fingerprint density at radius 1 is 1.14 bits per heavy atom. The van der Waals surface area contributed by atoms with E-state index in [1.807, 2.05) is 0 Å². The van der Waals surface area contributed by atoms with Crippen LogP contribution in [0, 0.1) is 11.7 Å². The first-order chi connectivity index (χ1) is 10.3. The Kier molecular flexibility index (Phi) is 3.97. The van der Waals surface area contributed by atoms with Crippen molar-refractivity contribution < 1.29 is 22.4 Å². The smallest absolute Gasteiger partial charge is 0.311 e. The van der Waals surface area contributed by atoms with Gasteiger partial charge in [0, 0.05) is 18.0 Å². The first-order valence-corrected chi connectivity index (χ1v) is 7.51. The van der Waals surface area contributed by atoms with Gasteiger partial charge in [-0.15, -0.1) is 0 Å². The molecule has 2 aliphatic heterocycles. The van der Waals surface area contributed by atoms with E-state index in [9.17, 15) is 22.4 Å². The first kappa shape index (κ1) is 15.5. The van der Waals surface area contributed by atoms with Crippen molar-refractivity contribution in [2.24, 2.45) is 5.92 Å². The van der Waals surface area contributed by atoms with E-state index in [0.717, 1.165) is 31.4 Å². The summed E-state index contributed by atoms with van der Waals surface area (Å²) in [7, 11) is 0. The first-order valence-electron chi connectivity index (χ1n) is 7.51. The molecule has 2 aliphatic rings. The fraction of sp³-hybridized carbons (Fsp3) is 0.562. The van der Waals surface area contributed by atoms with E-state index in [-0.39, 0.29) is 29.3 Å². The lowest BCUT2D eigenvalue weighted by Crippen LogP contribution is -2.50. The van der Waals surface area contributed by atoms with Crippen molar-refractivity contribution in [2.45, 2.75) is 50.4 Å². The van der Waals surface area contributed by atoms with Crippen LogP contribution < -0.4 is 5.32 Å². The molecule has 3 rings (SSSR count). The fourth-order valence-electron chi connectivity index (χ4n) is 3.59. The molecule has 2 unspecified atom stereocenters.